The topological polar surface area (TPSA) is 57.5 Å². The van der Waals surface area contributed by atoms with Crippen LogP contribution >= 0.6 is 0 Å². The summed E-state index contributed by atoms with van der Waals surface area (Å²) in [6, 6.07) is 4.42. The monoisotopic (exact) mass is 226 g/mol. The molecule has 0 spiro atoms. The van der Waals surface area contributed by atoms with E-state index in [0.717, 1.165) is 5.56 Å². The van der Waals surface area contributed by atoms with Gasteiger partial charge in [0.15, 0.2) is 0 Å². The van der Waals surface area contributed by atoms with Crippen LogP contribution in [0.1, 0.15) is 30.6 Å². The van der Waals surface area contributed by atoms with E-state index in [-0.39, 0.29) is 12.0 Å². The van der Waals surface area contributed by atoms with Gasteiger partial charge in [-0.3, -0.25) is 4.79 Å². The van der Waals surface area contributed by atoms with Gasteiger partial charge in [-0.1, -0.05) is 24.6 Å². The van der Waals surface area contributed by atoms with E-state index >= 15 is 0 Å². The van der Waals surface area contributed by atoms with E-state index in [0.29, 0.717) is 0 Å². The van der Waals surface area contributed by atoms with Gasteiger partial charge in [-0.2, -0.15) is 0 Å². The van der Waals surface area contributed by atoms with E-state index in [1.807, 2.05) is 0 Å². The summed E-state index contributed by atoms with van der Waals surface area (Å²) in [5.41, 5.74) is 0.992. The van der Waals surface area contributed by atoms with Crippen molar-refractivity contribution in [2.75, 3.05) is 0 Å². The molecule has 88 valence electrons. The van der Waals surface area contributed by atoms with Gasteiger partial charge in [-0.05, 0) is 18.9 Å². The number of hydrogen-bond donors (Lipinski definition) is 2. The van der Waals surface area contributed by atoms with E-state index in [4.69, 9.17) is 5.11 Å². The number of halogens is 1. The minimum Gasteiger partial charge on any atom is -0.481 e. The van der Waals surface area contributed by atoms with E-state index in [1.54, 1.807) is 26.0 Å². The van der Waals surface area contributed by atoms with Crippen molar-refractivity contribution >= 4 is 5.97 Å². The maximum absolute atomic E-state index is 13.4. The molecule has 1 aromatic carbocycles. The van der Waals surface area contributed by atoms with Crippen LogP contribution in [0.25, 0.3) is 0 Å². The van der Waals surface area contributed by atoms with Crippen molar-refractivity contribution in [3.63, 3.8) is 0 Å². The second kappa shape index (κ2) is 5.07. The van der Waals surface area contributed by atoms with Crippen molar-refractivity contribution in [1.82, 2.24) is 0 Å². The van der Waals surface area contributed by atoms with Crippen LogP contribution in [0.4, 0.5) is 4.39 Å². The van der Waals surface area contributed by atoms with Crippen molar-refractivity contribution in [2.24, 2.45) is 5.92 Å². The van der Waals surface area contributed by atoms with Gasteiger partial charge >= 0.3 is 5.97 Å². The number of benzene rings is 1. The third-order valence-electron chi connectivity index (χ3n) is 2.51. The molecule has 2 unspecified atom stereocenters. The van der Waals surface area contributed by atoms with Crippen molar-refractivity contribution in [3.05, 3.63) is 35.1 Å². The lowest BCUT2D eigenvalue weighted by Crippen LogP contribution is -2.15. The molecule has 1 aromatic rings. The molecule has 3 nitrogen and oxygen atoms in total. The molecular formula is C12H15FO3. The van der Waals surface area contributed by atoms with E-state index < -0.39 is 23.8 Å². The number of rotatable bonds is 4. The Balaban J connectivity index is 2.90. The molecule has 2 atom stereocenters. The quantitative estimate of drug-likeness (QED) is 0.828. The van der Waals surface area contributed by atoms with Gasteiger partial charge < -0.3 is 10.2 Å². The molecule has 0 radical (unpaired) electrons. The highest BCUT2D eigenvalue weighted by molar-refractivity contribution is 5.67. The standard InChI is InChI=1S/C12H15FO3/c1-7-3-4-10(13)9(5-7)12(16)8(2)6-11(14)15/h3-5,8,12,16H,6H2,1-2H3,(H,14,15). The molecule has 2 N–H and O–H groups in total. The Morgan fingerprint density at radius 1 is 1.50 bits per heavy atom. The fraction of sp³-hybridized carbons (Fsp3) is 0.417. The highest BCUT2D eigenvalue weighted by Crippen LogP contribution is 2.27. The number of carbonyl (C=O) groups is 1. The van der Waals surface area contributed by atoms with Crippen LogP contribution in [-0.4, -0.2) is 16.2 Å². The van der Waals surface area contributed by atoms with Crippen LogP contribution < -0.4 is 0 Å². The van der Waals surface area contributed by atoms with E-state index in [9.17, 15) is 14.3 Å². The predicted molar refractivity (Wildman–Crippen MR) is 57.5 cm³/mol. The Kier molecular flexibility index (Phi) is 4.01. The number of aliphatic hydroxyl groups is 1. The van der Waals surface area contributed by atoms with Crippen LogP contribution in [0.15, 0.2) is 18.2 Å². The minimum atomic E-state index is -1.09. The highest BCUT2D eigenvalue weighted by Gasteiger charge is 2.21. The first-order chi connectivity index (χ1) is 7.41. The zero-order chi connectivity index (χ0) is 12.3. The van der Waals surface area contributed by atoms with Gasteiger partial charge in [0.1, 0.15) is 5.82 Å². The molecule has 0 aliphatic heterocycles. The molecule has 0 saturated carbocycles. The molecular weight excluding hydrogens is 211 g/mol. The molecule has 0 bridgehead atoms. The van der Waals surface area contributed by atoms with Gasteiger partial charge in [0.2, 0.25) is 0 Å². The van der Waals surface area contributed by atoms with Crippen LogP contribution in [0.3, 0.4) is 0 Å². The zero-order valence-corrected chi connectivity index (χ0v) is 9.27. The lowest BCUT2D eigenvalue weighted by Gasteiger charge is -2.18. The smallest absolute Gasteiger partial charge is 0.303 e. The summed E-state index contributed by atoms with van der Waals surface area (Å²) in [5, 5.41) is 18.4. The first kappa shape index (κ1) is 12.6. The van der Waals surface area contributed by atoms with E-state index in [2.05, 4.69) is 0 Å². The summed E-state index contributed by atoms with van der Waals surface area (Å²) in [6.07, 6.45) is -1.27. The zero-order valence-electron chi connectivity index (χ0n) is 9.27. The third kappa shape index (κ3) is 3.03. The molecule has 0 aliphatic rings. The fourth-order valence-electron chi connectivity index (χ4n) is 1.58. The molecule has 0 aliphatic carbocycles. The van der Waals surface area contributed by atoms with Crippen LogP contribution in [0, 0.1) is 18.7 Å². The molecule has 16 heavy (non-hydrogen) atoms. The number of aliphatic hydroxyl groups excluding tert-OH is 1. The Morgan fingerprint density at radius 3 is 2.69 bits per heavy atom. The number of carboxylic acid groups (broad SMARTS) is 1. The Hall–Kier alpha value is -1.42. The van der Waals surface area contributed by atoms with Crippen molar-refractivity contribution in [3.8, 4) is 0 Å². The average molecular weight is 226 g/mol. The Labute approximate surface area is 93.5 Å². The Bertz CT molecular complexity index is 390. The maximum Gasteiger partial charge on any atom is 0.303 e. The molecule has 0 aromatic heterocycles. The van der Waals surface area contributed by atoms with Gasteiger partial charge in [0, 0.05) is 5.56 Å². The number of aryl methyl sites for hydroxylation is 1. The summed E-state index contributed by atoms with van der Waals surface area (Å²) in [4.78, 5) is 10.5. The molecule has 4 heteroatoms. The van der Waals surface area contributed by atoms with Crippen LogP contribution in [-0.2, 0) is 4.79 Å². The number of aliphatic carboxylic acids is 1. The van der Waals surface area contributed by atoms with Gasteiger partial charge in [0.05, 0.1) is 12.5 Å². The molecule has 0 saturated heterocycles. The van der Waals surface area contributed by atoms with Crippen molar-refractivity contribution < 1.29 is 19.4 Å². The lowest BCUT2D eigenvalue weighted by molar-refractivity contribution is -0.139. The number of hydrogen-bond acceptors (Lipinski definition) is 2. The van der Waals surface area contributed by atoms with Crippen LogP contribution in [0.2, 0.25) is 0 Å². The molecule has 0 heterocycles. The third-order valence-corrected chi connectivity index (χ3v) is 2.51. The first-order valence-corrected chi connectivity index (χ1v) is 5.07. The summed E-state index contributed by atoms with van der Waals surface area (Å²) in [6.45, 7) is 3.37. The molecule has 0 fully saturated rings. The van der Waals surface area contributed by atoms with Gasteiger partial charge in [-0.25, -0.2) is 4.39 Å². The summed E-state index contributed by atoms with van der Waals surface area (Å²) < 4.78 is 13.4. The van der Waals surface area contributed by atoms with Gasteiger partial charge in [-0.15, -0.1) is 0 Å². The fourth-order valence-corrected chi connectivity index (χ4v) is 1.58. The largest absolute Gasteiger partial charge is 0.481 e. The van der Waals surface area contributed by atoms with Crippen molar-refractivity contribution in [2.45, 2.75) is 26.4 Å². The van der Waals surface area contributed by atoms with Gasteiger partial charge in [0.25, 0.3) is 0 Å². The SMILES string of the molecule is Cc1ccc(F)c(C(O)C(C)CC(=O)O)c1. The predicted octanol–water partition coefficient (Wildman–Crippen LogP) is 2.28. The lowest BCUT2D eigenvalue weighted by atomic mass is 9.93. The first-order valence-electron chi connectivity index (χ1n) is 5.07. The molecule has 1 rings (SSSR count). The second-order valence-electron chi connectivity index (χ2n) is 4.04. The summed E-state index contributed by atoms with van der Waals surface area (Å²) in [5.74, 6) is -2.02. The average Bonchev–Trinajstić information content (AvgIpc) is 2.19. The van der Waals surface area contributed by atoms with Crippen molar-refractivity contribution in [1.29, 1.82) is 0 Å². The number of carboxylic acids is 1. The summed E-state index contributed by atoms with van der Waals surface area (Å²) >= 11 is 0. The van der Waals surface area contributed by atoms with Crippen LogP contribution in [0.5, 0.6) is 0 Å². The molecule has 0 amide bonds. The summed E-state index contributed by atoms with van der Waals surface area (Å²) in [7, 11) is 0. The normalized spacial score (nSPS) is 14.5. The minimum absolute atomic E-state index is 0.161. The maximum atomic E-state index is 13.4. The highest BCUT2D eigenvalue weighted by atomic mass is 19.1. The second-order valence-corrected chi connectivity index (χ2v) is 4.04. The Morgan fingerprint density at radius 2 is 2.12 bits per heavy atom. The van der Waals surface area contributed by atoms with E-state index in [1.165, 1.54) is 6.07 Å².